The molecule has 0 bridgehead atoms. The van der Waals surface area contributed by atoms with E-state index in [0.29, 0.717) is 0 Å². The summed E-state index contributed by atoms with van der Waals surface area (Å²) in [5.74, 6) is -1.37. The summed E-state index contributed by atoms with van der Waals surface area (Å²) >= 11 is 0. The van der Waals surface area contributed by atoms with Crippen LogP contribution < -0.4 is 29.5 Å². The fourth-order valence-corrected chi connectivity index (χ4v) is 2.64. The predicted molar refractivity (Wildman–Crippen MR) is 141 cm³/mol. The third-order valence-electron chi connectivity index (χ3n) is 4.58. The minimum absolute atomic E-state index is 0. The molecule has 0 heterocycles. The Morgan fingerprint density at radius 1 is 0.475 bits per heavy atom. The number of carboxylic acids is 3. The monoisotopic (exact) mass is 587 g/mol. The van der Waals surface area contributed by atoms with Crippen molar-refractivity contribution < 1.29 is 61.0 Å². The first-order valence-corrected chi connectivity index (χ1v) is 11.3. The number of hydrogen-bond acceptors (Lipinski definition) is 9. The molecule has 3 rings (SSSR count). The minimum atomic E-state index is -1.20. The summed E-state index contributed by atoms with van der Waals surface area (Å²) in [6, 6.07) is 21.1. The number of hydrogen-bond donors (Lipinski definition) is 0. The molecule has 0 aromatic heterocycles. The largest absolute Gasteiger partial charge is 3.00 e. The van der Waals surface area contributed by atoms with E-state index in [4.69, 9.17) is 14.2 Å². The molecule has 9 nitrogen and oxygen atoms in total. The van der Waals surface area contributed by atoms with E-state index >= 15 is 0 Å². The van der Waals surface area contributed by atoms with Gasteiger partial charge in [0.2, 0.25) is 0 Å². The van der Waals surface area contributed by atoms with E-state index in [1.54, 1.807) is 94.1 Å². The molecule has 209 valence electrons. The molecule has 0 spiro atoms. The van der Waals surface area contributed by atoms with Gasteiger partial charge in [0.05, 0.1) is 39.2 Å². The Hall–Kier alpha value is -4.79. The molecule has 0 amide bonds. The molecule has 40 heavy (non-hydrogen) atoms. The molecule has 0 aliphatic heterocycles. The van der Waals surface area contributed by atoms with Crippen molar-refractivity contribution in [2.75, 3.05) is 21.3 Å². The molecule has 1 radical (unpaired) electrons. The summed E-state index contributed by atoms with van der Waals surface area (Å²) in [5, 5.41) is 30.2. The maximum atomic E-state index is 10.1. The Labute approximate surface area is 243 Å². The van der Waals surface area contributed by atoms with E-state index in [1.165, 1.54) is 18.2 Å². The van der Waals surface area contributed by atoms with Crippen molar-refractivity contribution in [3.05, 3.63) is 108 Å². The minimum Gasteiger partial charge on any atom is -0.545 e. The molecule has 0 saturated carbocycles. The number of carbonyl (C=O) groups is 3. The zero-order chi connectivity index (χ0) is 29.0. The van der Waals surface area contributed by atoms with Crippen LogP contribution in [-0.2, 0) is 31.5 Å². The molecule has 0 atom stereocenters. The Morgan fingerprint density at radius 3 is 0.825 bits per heavy atom. The molecule has 0 unspecified atom stereocenters. The van der Waals surface area contributed by atoms with Crippen LogP contribution in [-0.4, -0.2) is 39.2 Å². The van der Waals surface area contributed by atoms with Crippen LogP contribution in [0.4, 0.5) is 0 Å². The molecule has 0 aliphatic carbocycles. The van der Waals surface area contributed by atoms with Crippen molar-refractivity contribution in [3.63, 3.8) is 0 Å². The summed E-state index contributed by atoms with van der Waals surface area (Å²) in [5.41, 5.74) is 2.39. The predicted octanol–water partition coefficient (Wildman–Crippen LogP) is 1.37. The number of aliphatic carboxylic acids is 3. The van der Waals surface area contributed by atoms with Gasteiger partial charge in [0, 0.05) is 0 Å². The average Bonchev–Trinajstić information content (AvgIpc) is 2.95. The number of rotatable bonds is 9. The van der Waals surface area contributed by atoms with Gasteiger partial charge >= 0.3 is 17.1 Å². The van der Waals surface area contributed by atoms with Crippen LogP contribution >= 0.6 is 0 Å². The number of benzene rings is 3. The van der Waals surface area contributed by atoms with Crippen molar-refractivity contribution in [1.82, 2.24) is 0 Å². The molecule has 0 N–H and O–H groups in total. The summed E-state index contributed by atoms with van der Waals surface area (Å²) in [6.07, 6.45) is 7.36. The second-order valence-corrected chi connectivity index (χ2v) is 7.28. The van der Waals surface area contributed by atoms with Crippen LogP contribution in [0, 0.1) is 0 Å². The fraction of sp³-hybridized carbons (Fsp3) is 0.100. The van der Waals surface area contributed by atoms with Crippen molar-refractivity contribution in [1.29, 1.82) is 0 Å². The Morgan fingerprint density at radius 2 is 0.675 bits per heavy atom. The van der Waals surface area contributed by atoms with E-state index in [0.717, 1.165) is 52.2 Å². The quantitative estimate of drug-likeness (QED) is 0.267. The van der Waals surface area contributed by atoms with Crippen molar-refractivity contribution >= 4 is 36.1 Å². The first-order chi connectivity index (χ1) is 18.7. The number of methoxy groups -OCH3 is 3. The Kier molecular flexibility index (Phi) is 17.8. The van der Waals surface area contributed by atoms with Crippen LogP contribution in [0.25, 0.3) is 18.2 Å². The molecular formula is C30H27FeO9. The van der Waals surface area contributed by atoms with Gasteiger partial charge in [-0.05, 0) is 71.3 Å². The zero-order valence-electron chi connectivity index (χ0n) is 21.9. The van der Waals surface area contributed by atoms with Crippen molar-refractivity contribution in [3.8, 4) is 17.2 Å². The van der Waals surface area contributed by atoms with Gasteiger partial charge in [-0.25, -0.2) is 0 Å². The normalized spacial score (nSPS) is 9.97. The van der Waals surface area contributed by atoms with Gasteiger partial charge in [0.1, 0.15) is 17.2 Å². The average molecular weight is 587 g/mol. The molecule has 3 aromatic carbocycles. The van der Waals surface area contributed by atoms with E-state index in [9.17, 15) is 29.7 Å². The molecule has 0 aliphatic rings. The van der Waals surface area contributed by atoms with Gasteiger partial charge in [-0.3, -0.25) is 0 Å². The first-order valence-electron chi connectivity index (χ1n) is 11.3. The summed E-state index contributed by atoms with van der Waals surface area (Å²) in [7, 11) is 4.73. The number of ether oxygens (including phenoxy) is 3. The second-order valence-electron chi connectivity index (χ2n) is 7.28. The standard InChI is InChI=1S/3C10H10O3.Fe/c3*1-13-9-5-2-8(3-6-9)4-7-10(11)12;/h3*2-7H,1H3,(H,11,12);/q;;;+3/p-3. The van der Waals surface area contributed by atoms with Crippen molar-refractivity contribution in [2.24, 2.45) is 0 Å². The van der Waals surface area contributed by atoms with Gasteiger partial charge < -0.3 is 43.9 Å². The van der Waals surface area contributed by atoms with Crippen LogP contribution in [0.2, 0.25) is 0 Å². The summed E-state index contributed by atoms with van der Waals surface area (Å²) in [4.78, 5) is 30.2. The van der Waals surface area contributed by atoms with Gasteiger partial charge in [0.25, 0.3) is 0 Å². The van der Waals surface area contributed by atoms with E-state index in [-0.39, 0.29) is 17.1 Å². The topological polar surface area (TPSA) is 148 Å². The van der Waals surface area contributed by atoms with E-state index in [1.807, 2.05) is 0 Å². The van der Waals surface area contributed by atoms with Gasteiger partial charge in [-0.15, -0.1) is 0 Å². The summed E-state index contributed by atoms with van der Waals surface area (Å²) in [6.45, 7) is 0. The third kappa shape index (κ3) is 16.1. The second kappa shape index (κ2) is 20.2. The number of carboxylic acid groups (broad SMARTS) is 3. The first kappa shape index (κ1) is 35.2. The van der Waals surface area contributed by atoms with E-state index < -0.39 is 17.9 Å². The SMILES string of the molecule is COc1ccc(C=CC(=O)[O-])cc1.COc1ccc(C=CC(=O)[O-])cc1.COc1ccc(C=CC(=O)[O-])cc1.[Fe+3]. The van der Waals surface area contributed by atoms with Crippen LogP contribution in [0.5, 0.6) is 17.2 Å². The molecule has 0 fully saturated rings. The molecule has 3 aromatic rings. The van der Waals surface area contributed by atoms with Crippen LogP contribution in [0.15, 0.2) is 91.0 Å². The Bertz CT molecular complexity index is 1100. The van der Waals surface area contributed by atoms with Gasteiger partial charge in [-0.2, -0.15) is 0 Å². The van der Waals surface area contributed by atoms with Gasteiger partial charge in [0.15, 0.2) is 0 Å². The molecular weight excluding hydrogens is 560 g/mol. The van der Waals surface area contributed by atoms with Crippen LogP contribution in [0.3, 0.4) is 0 Å². The van der Waals surface area contributed by atoms with Crippen molar-refractivity contribution in [2.45, 2.75) is 0 Å². The smallest absolute Gasteiger partial charge is 0.545 e. The molecule has 10 heteroatoms. The summed E-state index contributed by atoms with van der Waals surface area (Å²) < 4.78 is 14.8. The fourth-order valence-electron chi connectivity index (χ4n) is 2.64. The Balaban J connectivity index is 0.000000563. The molecule has 0 saturated heterocycles. The van der Waals surface area contributed by atoms with Gasteiger partial charge in [-0.1, -0.05) is 54.6 Å². The zero-order valence-corrected chi connectivity index (χ0v) is 23.0. The maximum Gasteiger partial charge on any atom is 3.00 e. The maximum absolute atomic E-state index is 10.1. The number of carbonyl (C=O) groups excluding carboxylic acids is 3. The van der Waals surface area contributed by atoms with E-state index in [2.05, 4.69) is 0 Å². The van der Waals surface area contributed by atoms with Crippen LogP contribution in [0.1, 0.15) is 16.7 Å². The third-order valence-corrected chi connectivity index (χ3v) is 4.58.